The first kappa shape index (κ1) is 17.8. The van der Waals surface area contributed by atoms with Gasteiger partial charge in [-0.3, -0.25) is 9.59 Å². The molecule has 2 aromatic rings. The van der Waals surface area contributed by atoms with Crippen molar-refractivity contribution in [3.63, 3.8) is 0 Å². The summed E-state index contributed by atoms with van der Waals surface area (Å²) in [7, 11) is 1.98. The lowest BCUT2D eigenvalue weighted by Crippen LogP contribution is -2.40. The van der Waals surface area contributed by atoms with Crippen molar-refractivity contribution in [3.8, 4) is 5.75 Å². The van der Waals surface area contributed by atoms with Gasteiger partial charge in [-0.25, -0.2) is 0 Å². The van der Waals surface area contributed by atoms with E-state index in [1.54, 1.807) is 4.90 Å². The van der Waals surface area contributed by atoms with Crippen LogP contribution in [0.15, 0.2) is 48.5 Å². The molecular formula is C20H23N3O3. The molecule has 2 amide bonds. The predicted molar refractivity (Wildman–Crippen MR) is 103 cm³/mol. The number of benzene rings is 2. The molecule has 0 atom stereocenters. The van der Waals surface area contributed by atoms with E-state index in [0.29, 0.717) is 18.0 Å². The molecule has 1 N–H and O–H groups in total. The average Bonchev–Trinajstić information content (AvgIpc) is 2.67. The number of hydrogen-bond acceptors (Lipinski definition) is 4. The van der Waals surface area contributed by atoms with Crippen LogP contribution in [0, 0.1) is 0 Å². The third-order valence-electron chi connectivity index (χ3n) is 4.43. The summed E-state index contributed by atoms with van der Waals surface area (Å²) in [5.74, 6) is 0.406. The van der Waals surface area contributed by atoms with Crippen molar-refractivity contribution in [1.29, 1.82) is 0 Å². The van der Waals surface area contributed by atoms with Crippen molar-refractivity contribution in [2.24, 2.45) is 0 Å². The lowest BCUT2D eigenvalue weighted by molar-refractivity contribution is -0.121. The fourth-order valence-electron chi connectivity index (χ4n) is 2.91. The molecule has 0 fully saturated rings. The zero-order valence-electron chi connectivity index (χ0n) is 15.1. The topological polar surface area (TPSA) is 61.9 Å². The molecule has 0 spiro atoms. The highest BCUT2D eigenvalue weighted by atomic mass is 16.5. The molecule has 1 aliphatic heterocycles. The minimum absolute atomic E-state index is 0.00274. The highest BCUT2D eigenvalue weighted by molar-refractivity contribution is 5.99. The van der Waals surface area contributed by atoms with Crippen LogP contribution >= 0.6 is 0 Å². The van der Waals surface area contributed by atoms with Crippen LogP contribution in [0.4, 0.5) is 17.1 Å². The Labute approximate surface area is 153 Å². The molecule has 0 saturated heterocycles. The third kappa shape index (κ3) is 3.79. The normalized spacial score (nSPS) is 13.0. The fourth-order valence-corrected chi connectivity index (χ4v) is 2.91. The minimum Gasteiger partial charge on any atom is -0.482 e. The summed E-state index contributed by atoms with van der Waals surface area (Å²) in [5.41, 5.74) is 2.45. The van der Waals surface area contributed by atoms with Crippen LogP contribution in [-0.4, -0.2) is 38.6 Å². The molecule has 6 nitrogen and oxygen atoms in total. The molecule has 0 aliphatic carbocycles. The Bertz CT molecular complexity index is 806. The number of carbonyl (C=O) groups is 2. The molecule has 3 rings (SSSR count). The van der Waals surface area contributed by atoms with Gasteiger partial charge >= 0.3 is 0 Å². The van der Waals surface area contributed by atoms with Crippen molar-refractivity contribution in [2.45, 2.75) is 13.3 Å². The van der Waals surface area contributed by atoms with Gasteiger partial charge in [-0.2, -0.15) is 0 Å². The monoisotopic (exact) mass is 353 g/mol. The molecule has 26 heavy (non-hydrogen) atoms. The van der Waals surface area contributed by atoms with E-state index in [1.807, 2.05) is 55.6 Å². The van der Waals surface area contributed by atoms with Crippen molar-refractivity contribution in [2.75, 3.05) is 41.9 Å². The van der Waals surface area contributed by atoms with Crippen molar-refractivity contribution in [3.05, 3.63) is 48.5 Å². The van der Waals surface area contributed by atoms with Gasteiger partial charge in [0.2, 0.25) is 5.91 Å². The first-order valence-electron chi connectivity index (χ1n) is 8.72. The summed E-state index contributed by atoms with van der Waals surface area (Å²) in [5, 5.41) is 2.95. The van der Waals surface area contributed by atoms with Crippen LogP contribution in [-0.2, 0) is 9.59 Å². The zero-order valence-corrected chi connectivity index (χ0v) is 15.1. The molecule has 136 valence electrons. The summed E-state index contributed by atoms with van der Waals surface area (Å²) in [6.07, 6.45) is 0.213. The smallest absolute Gasteiger partial charge is 0.265 e. The number of hydrogen-bond donors (Lipinski definition) is 1. The Balaban J connectivity index is 1.66. The van der Waals surface area contributed by atoms with Crippen molar-refractivity contribution < 1.29 is 14.3 Å². The van der Waals surface area contributed by atoms with Crippen LogP contribution in [0.2, 0.25) is 0 Å². The van der Waals surface area contributed by atoms with E-state index in [0.717, 1.165) is 17.9 Å². The van der Waals surface area contributed by atoms with E-state index < -0.39 is 0 Å². The molecular weight excluding hydrogens is 330 g/mol. The van der Waals surface area contributed by atoms with Gasteiger partial charge < -0.3 is 19.9 Å². The zero-order chi connectivity index (χ0) is 18.5. The number of nitrogens with zero attached hydrogens (tertiary/aromatic N) is 2. The van der Waals surface area contributed by atoms with E-state index in [9.17, 15) is 9.59 Å². The number of ether oxygens (including phenoxy) is 1. The van der Waals surface area contributed by atoms with E-state index in [4.69, 9.17) is 4.74 Å². The second-order valence-electron chi connectivity index (χ2n) is 6.13. The summed E-state index contributed by atoms with van der Waals surface area (Å²) >= 11 is 0. The summed E-state index contributed by atoms with van der Waals surface area (Å²) in [4.78, 5) is 28.3. The molecule has 2 aromatic carbocycles. The highest BCUT2D eigenvalue weighted by Gasteiger charge is 2.25. The Kier molecular flexibility index (Phi) is 5.41. The van der Waals surface area contributed by atoms with Gasteiger partial charge in [0, 0.05) is 26.6 Å². The van der Waals surface area contributed by atoms with Crippen molar-refractivity contribution in [1.82, 2.24) is 0 Å². The maximum atomic E-state index is 12.4. The van der Waals surface area contributed by atoms with Gasteiger partial charge in [0.25, 0.3) is 5.91 Å². The number of nitrogens with one attached hydrogen (secondary N) is 1. The second kappa shape index (κ2) is 7.91. The van der Waals surface area contributed by atoms with Gasteiger partial charge in [-0.1, -0.05) is 24.3 Å². The van der Waals surface area contributed by atoms with Crippen LogP contribution in [0.25, 0.3) is 0 Å². The van der Waals surface area contributed by atoms with Gasteiger partial charge in [0.1, 0.15) is 5.75 Å². The first-order chi connectivity index (χ1) is 12.6. The molecule has 6 heteroatoms. The van der Waals surface area contributed by atoms with Gasteiger partial charge in [0.15, 0.2) is 6.61 Å². The minimum atomic E-state index is -0.136. The molecule has 0 aromatic heterocycles. The number of carbonyl (C=O) groups excluding carboxylic acids is 2. The average molecular weight is 353 g/mol. The highest BCUT2D eigenvalue weighted by Crippen LogP contribution is 2.31. The first-order valence-corrected chi connectivity index (χ1v) is 8.72. The lowest BCUT2D eigenvalue weighted by Gasteiger charge is -2.29. The number of para-hydroxylation sites is 4. The van der Waals surface area contributed by atoms with Crippen LogP contribution in [0.5, 0.6) is 5.75 Å². The summed E-state index contributed by atoms with van der Waals surface area (Å²) in [6.45, 7) is 3.21. The fraction of sp³-hybridized carbons (Fsp3) is 0.300. The number of fused-ring (bicyclic) bond motifs is 1. The summed E-state index contributed by atoms with van der Waals surface area (Å²) < 4.78 is 5.43. The van der Waals surface area contributed by atoms with Gasteiger partial charge in [-0.05, 0) is 31.2 Å². The molecule has 1 heterocycles. The van der Waals surface area contributed by atoms with Crippen LogP contribution < -0.4 is 19.9 Å². The van der Waals surface area contributed by atoms with E-state index in [-0.39, 0.29) is 24.8 Å². The maximum absolute atomic E-state index is 12.4. The molecule has 0 radical (unpaired) electrons. The molecule has 0 bridgehead atoms. The number of amides is 2. The third-order valence-corrected chi connectivity index (χ3v) is 4.43. The number of rotatable bonds is 6. The molecule has 0 unspecified atom stereocenters. The predicted octanol–water partition coefficient (Wildman–Crippen LogP) is 2.90. The van der Waals surface area contributed by atoms with E-state index >= 15 is 0 Å². The summed E-state index contributed by atoms with van der Waals surface area (Å²) in [6, 6.07) is 15.1. The molecule has 1 aliphatic rings. The standard InChI is InChI=1S/C20H23N3O3/c1-3-22(2)16-9-5-4-8-15(16)21-19(24)12-13-23-17-10-6-7-11-18(17)26-14-20(23)25/h4-11H,3,12-14H2,1-2H3,(H,21,24). The number of anilines is 3. The quantitative estimate of drug-likeness (QED) is 0.867. The Hall–Kier alpha value is -3.02. The van der Waals surface area contributed by atoms with Crippen LogP contribution in [0.1, 0.15) is 13.3 Å². The van der Waals surface area contributed by atoms with Crippen molar-refractivity contribution >= 4 is 28.9 Å². The largest absolute Gasteiger partial charge is 0.482 e. The maximum Gasteiger partial charge on any atom is 0.265 e. The van der Waals surface area contributed by atoms with E-state index in [2.05, 4.69) is 17.1 Å². The van der Waals surface area contributed by atoms with Crippen LogP contribution in [0.3, 0.4) is 0 Å². The molecule has 0 saturated carbocycles. The Morgan fingerprint density at radius 2 is 1.92 bits per heavy atom. The van der Waals surface area contributed by atoms with E-state index in [1.165, 1.54) is 0 Å². The van der Waals surface area contributed by atoms with Gasteiger partial charge in [0.05, 0.1) is 17.1 Å². The Morgan fingerprint density at radius 1 is 1.19 bits per heavy atom. The van der Waals surface area contributed by atoms with Gasteiger partial charge in [-0.15, -0.1) is 0 Å². The Morgan fingerprint density at radius 3 is 2.73 bits per heavy atom. The SMILES string of the molecule is CCN(C)c1ccccc1NC(=O)CCN1C(=O)COc2ccccc21. The lowest BCUT2D eigenvalue weighted by atomic mass is 10.2. The second-order valence-corrected chi connectivity index (χ2v) is 6.13.